The molecule has 0 saturated heterocycles. The van der Waals surface area contributed by atoms with Crippen LogP contribution in [0.4, 0.5) is 0 Å². The molecule has 0 aliphatic heterocycles. The van der Waals surface area contributed by atoms with E-state index >= 15 is 0 Å². The molecule has 5 nitrogen and oxygen atoms in total. The standard InChI is InChI=1S/C15H17N3O2S/c1-19-8-6-11-2-4-12(5-3-11)20-14-13(10-16)18-7-9-21-15(18)17-14/h2-5,7,9H,6,8,10,16H2,1H3. The summed E-state index contributed by atoms with van der Waals surface area (Å²) in [6.07, 6.45) is 2.85. The zero-order valence-corrected chi connectivity index (χ0v) is 12.6. The minimum Gasteiger partial charge on any atom is -0.437 e. The third-order valence-corrected chi connectivity index (χ3v) is 4.01. The highest BCUT2D eigenvalue weighted by Gasteiger charge is 2.13. The van der Waals surface area contributed by atoms with Gasteiger partial charge in [-0.25, -0.2) is 0 Å². The van der Waals surface area contributed by atoms with E-state index in [0.717, 1.165) is 29.4 Å². The van der Waals surface area contributed by atoms with Gasteiger partial charge < -0.3 is 15.2 Å². The topological polar surface area (TPSA) is 61.8 Å². The van der Waals surface area contributed by atoms with Gasteiger partial charge in [0.15, 0.2) is 4.96 Å². The molecule has 3 rings (SSSR count). The third kappa shape index (κ3) is 2.92. The number of benzene rings is 1. The Morgan fingerprint density at radius 3 is 2.81 bits per heavy atom. The highest BCUT2D eigenvalue weighted by molar-refractivity contribution is 7.15. The van der Waals surface area contributed by atoms with Crippen LogP contribution in [0, 0.1) is 0 Å². The van der Waals surface area contributed by atoms with E-state index in [-0.39, 0.29) is 0 Å². The fourth-order valence-electron chi connectivity index (χ4n) is 2.14. The molecule has 0 aliphatic carbocycles. The second-order valence-corrected chi connectivity index (χ2v) is 5.49. The van der Waals surface area contributed by atoms with E-state index in [0.29, 0.717) is 12.4 Å². The number of nitrogens with two attached hydrogens (primary N) is 1. The second-order valence-electron chi connectivity index (χ2n) is 4.61. The van der Waals surface area contributed by atoms with Crippen LogP contribution < -0.4 is 10.5 Å². The first kappa shape index (κ1) is 14.1. The summed E-state index contributed by atoms with van der Waals surface area (Å²) in [6.45, 7) is 1.11. The summed E-state index contributed by atoms with van der Waals surface area (Å²) in [5.41, 5.74) is 7.90. The molecule has 2 N–H and O–H groups in total. The molecule has 21 heavy (non-hydrogen) atoms. The molecular weight excluding hydrogens is 286 g/mol. The first-order valence-corrected chi connectivity index (χ1v) is 7.60. The van der Waals surface area contributed by atoms with E-state index in [4.69, 9.17) is 15.2 Å². The highest BCUT2D eigenvalue weighted by atomic mass is 32.1. The van der Waals surface area contributed by atoms with Crippen molar-refractivity contribution in [1.82, 2.24) is 9.38 Å². The Kier molecular flexibility index (Phi) is 4.19. The minimum atomic E-state index is 0.388. The Balaban J connectivity index is 1.79. The van der Waals surface area contributed by atoms with Gasteiger partial charge in [0.05, 0.1) is 6.61 Å². The summed E-state index contributed by atoms with van der Waals surface area (Å²) < 4.78 is 12.9. The molecule has 0 saturated carbocycles. The molecule has 0 amide bonds. The van der Waals surface area contributed by atoms with Crippen LogP contribution in [-0.4, -0.2) is 23.1 Å². The number of methoxy groups -OCH3 is 1. The molecular formula is C15H17N3O2S. The maximum atomic E-state index is 5.87. The van der Waals surface area contributed by atoms with Crippen molar-refractivity contribution in [3.8, 4) is 11.6 Å². The second kappa shape index (κ2) is 6.26. The summed E-state index contributed by atoms with van der Waals surface area (Å²) in [4.78, 5) is 5.36. The number of thiazole rings is 1. The van der Waals surface area contributed by atoms with Gasteiger partial charge in [-0.2, -0.15) is 4.98 Å². The number of hydrogen-bond acceptors (Lipinski definition) is 5. The predicted molar refractivity (Wildman–Crippen MR) is 83.1 cm³/mol. The number of rotatable bonds is 6. The fourth-order valence-corrected chi connectivity index (χ4v) is 2.86. The SMILES string of the molecule is COCCc1ccc(Oc2nc3sccn3c2CN)cc1. The van der Waals surface area contributed by atoms with E-state index in [1.165, 1.54) is 5.56 Å². The van der Waals surface area contributed by atoms with Crippen molar-refractivity contribution in [2.75, 3.05) is 13.7 Å². The van der Waals surface area contributed by atoms with Crippen molar-refractivity contribution in [3.05, 3.63) is 47.1 Å². The van der Waals surface area contributed by atoms with Gasteiger partial charge in [0.2, 0.25) is 5.88 Å². The number of imidazole rings is 1. The lowest BCUT2D eigenvalue weighted by Crippen LogP contribution is -2.01. The Morgan fingerprint density at radius 2 is 2.10 bits per heavy atom. The van der Waals surface area contributed by atoms with Gasteiger partial charge in [0.1, 0.15) is 11.4 Å². The Hall–Kier alpha value is -1.89. The molecule has 0 radical (unpaired) electrons. The van der Waals surface area contributed by atoms with E-state index in [2.05, 4.69) is 4.98 Å². The van der Waals surface area contributed by atoms with Crippen molar-refractivity contribution < 1.29 is 9.47 Å². The maximum absolute atomic E-state index is 5.87. The van der Waals surface area contributed by atoms with Gasteiger partial charge in [-0.3, -0.25) is 4.40 Å². The lowest BCUT2D eigenvalue weighted by Gasteiger charge is -2.06. The Morgan fingerprint density at radius 1 is 1.29 bits per heavy atom. The number of ether oxygens (including phenoxy) is 2. The smallest absolute Gasteiger partial charge is 0.243 e. The van der Waals surface area contributed by atoms with Crippen LogP contribution in [0.3, 0.4) is 0 Å². The molecule has 0 bridgehead atoms. The number of fused-ring (bicyclic) bond motifs is 1. The molecule has 2 aromatic heterocycles. The van der Waals surface area contributed by atoms with Crippen LogP contribution in [0.1, 0.15) is 11.3 Å². The van der Waals surface area contributed by atoms with Crippen molar-refractivity contribution >= 4 is 16.3 Å². The minimum absolute atomic E-state index is 0.388. The van der Waals surface area contributed by atoms with Crippen LogP contribution in [0.2, 0.25) is 0 Å². The summed E-state index contributed by atoms with van der Waals surface area (Å²) in [5.74, 6) is 1.34. The molecule has 6 heteroatoms. The molecule has 110 valence electrons. The zero-order valence-electron chi connectivity index (χ0n) is 11.8. The molecule has 0 fully saturated rings. The normalized spacial score (nSPS) is 11.1. The first-order chi connectivity index (χ1) is 10.3. The van der Waals surface area contributed by atoms with Crippen molar-refractivity contribution in [2.45, 2.75) is 13.0 Å². The van der Waals surface area contributed by atoms with E-state index in [1.54, 1.807) is 18.4 Å². The molecule has 0 atom stereocenters. The van der Waals surface area contributed by atoms with Gasteiger partial charge >= 0.3 is 0 Å². The van der Waals surface area contributed by atoms with Crippen LogP contribution in [0.15, 0.2) is 35.8 Å². The van der Waals surface area contributed by atoms with Gasteiger partial charge in [-0.15, -0.1) is 11.3 Å². The lowest BCUT2D eigenvalue weighted by molar-refractivity contribution is 0.202. The van der Waals surface area contributed by atoms with Crippen LogP contribution in [-0.2, 0) is 17.7 Å². The quantitative estimate of drug-likeness (QED) is 0.760. The van der Waals surface area contributed by atoms with Crippen molar-refractivity contribution in [3.63, 3.8) is 0 Å². The predicted octanol–water partition coefficient (Wildman–Crippen LogP) is 2.84. The van der Waals surface area contributed by atoms with Gasteiger partial charge in [0, 0.05) is 25.2 Å². The van der Waals surface area contributed by atoms with Crippen molar-refractivity contribution in [1.29, 1.82) is 0 Å². The van der Waals surface area contributed by atoms with Gasteiger partial charge in [-0.1, -0.05) is 12.1 Å². The monoisotopic (exact) mass is 303 g/mol. The van der Waals surface area contributed by atoms with Gasteiger partial charge in [-0.05, 0) is 24.1 Å². The van der Waals surface area contributed by atoms with Crippen LogP contribution in [0.5, 0.6) is 11.6 Å². The van der Waals surface area contributed by atoms with Crippen molar-refractivity contribution in [2.24, 2.45) is 5.73 Å². The number of nitrogens with zero attached hydrogens (tertiary/aromatic N) is 2. The third-order valence-electron chi connectivity index (χ3n) is 3.25. The summed E-state index contributed by atoms with van der Waals surface area (Å²) in [5, 5.41) is 1.98. The largest absolute Gasteiger partial charge is 0.437 e. The first-order valence-electron chi connectivity index (χ1n) is 6.72. The molecule has 2 heterocycles. The average molecular weight is 303 g/mol. The zero-order chi connectivity index (χ0) is 14.7. The molecule has 0 unspecified atom stereocenters. The fraction of sp³-hybridized carbons (Fsp3) is 0.267. The highest BCUT2D eigenvalue weighted by Crippen LogP contribution is 2.27. The lowest BCUT2D eigenvalue weighted by atomic mass is 10.1. The van der Waals surface area contributed by atoms with E-state index in [1.807, 2.05) is 40.2 Å². The average Bonchev–Trinajstić information content (AvgIpc) is 3.07. The molecule has 0 spiro atoms. The summed E-state index contributed by atoms with van der Waals surface area (Å²) in [6, 6.07) is 7.96. The van der Waals surface area contributed by atoms with Gasteiger partial charge in [0.25, 0.3) is 0 Å². The van der Waals surface area contributed by atoms with E-state index in [9.17, 15) is 0 Å². The molecule has 0 aliphatic rings. The summed E-state index contributed by atoms with van der Waals surface area (Å²) in [7, 11) is 1.70. The van der Waals surface area contributed by atoms with E-state index < -0.39 is 0 Å². The maximum Gasteiger partial charge on any atom is 0.243 e. The Labute approximate surface area is 126 Å². The molecule has 1 aromatic carbocycles. The molecule has 3 aromatic rings. The van der Waals surface area contributed by atoms with Crippen LogP contribution >= 0.6 is 11.3 Å². The summed E-state index contributed by atoms with van der Waals surface area (Å²) >= 11 is 1.56. The number of hydrogen-bond donors (Lipinski definition) is 1. The van der Waals surface area contributed by atoms with Crippen LogP contribution in [0.25, 0.3) is 4.96 Å². The Bertz CT molecular complexity index is 718. The number of aromatic nitrogens is 2.